The molecule has 0 aliphatic carbocycles. The monoisotopic (exact) mass is 295 g/mol. The molecule has 0 bridgehead atoms. The van der Waals surface area contributed by atoms with Gasteiger partial charge in [-0.25, -0.2) is 0 Å². The molecule has 1 heterocycles. The van der Waals surface area contributed by atoms with Gasteiger partial charge in [0.1, 0.15) is 5.75 Å². The summed E-state index contributed by atoms with van der Waals surface area (Å²) in [5, 5.41) is 3.97. The van der Waals surface area contributed by atoms with Crippen LogP contribution in [-0.4, -0.2) is 14.2 Å². The largest absolute Gasteiger partial charge is 0.495 e. The lowest BCUT2D eigenvalue weighted by Gasteiger charge is -2.10. The maximum absolute atomic E-state index is 6.05. The summed E-state index contributed by atoms with van der Waals surface area (Å²) in [6, 6.07) is 10.7. The number of ether oxygens (including phenoxy) is 1. The van der Waals surface area contributed by atoms with Gasteiger partial charge in [0.2, 0.25) is 0 Å². The summed E-state index contributed by atoms with van der Waals surface area (Å²) in [4.78, 5) is 2.59. The molecule has 0 aliphatic heterocycles. The van der Waals surface area contributed by atoms with Gasteiger partial charge in [-0.05, 0) is 43.3 Å². The second kappa shape index (κ2) is 6.42. The van der Waals surface area contributed by atoms with Crippen molar-refractivity contribution in [1.82, 2.24) is 5.32 Å². The fraction of sp³-hybridized carbons (Fsp3) is 0.333. The van der Waals surface area contributed by atoms with Crippen LogP contribution in [0.5, 0.6) is 5.75 Å². The van der Waals surface area contributed by atoms with E-state index in [4.69, 9.17) is 16.3 Å². The van der Waals surface area contributed by atoms with Crippen LogP contribution in [0.3, 0.4) is 0 Å². The van der Waals surface area contributed by atoms with E-state index in [0.717, 1.165) is 17.7 Å². The molecular weight excluding hydrogens is 278 g/mol. The summed E-state index contributed by atoms with van der Waals surface area (Å²) in [5.41, 5.74) is 1.14. The quantitative estimate of drug-likeness (QED) is 0.859. The lowest BCUT2D eigenvalue weighted by Crippen LogP contribution is -2.13. The molecule has 0 radical (unpaired) electrons. The zero-order valence-electron chi connectivity index (χ0n) is 11.4. The first-order valence-electron chi connectivity index (χ1n) is 6.30. The fourth-order valence-corrected chi connectivity index (χ4v) is 3.45. The number of hydrogen-bond donors (Lipinski definition) is 1. The molecule has 2 rings (SSSR count). The lowest BCUT2D eigenvalue weighted by molar-refractivity contribution is 0.415. The Hall–Kier alpha value is -1.03. The van der Waals surface area contributed by atoms with Crippen LogP contribution in [0.25, 0.3) is 10.4 Å². The first-order valence-corrected chi connectivity index (χ1v) is 7.50. The molecule has 1 unspecified atom stereocenters. The van der Waals surface area contributed by atoms with E-state index in [9.17, 15) is 0 Å². The van der Waals surface area contributed by atoms with Gasteiger partial charge in [-0.1, -0.05) is 24.6 Å². The normalized spacial score (nSPS) is 12.4. The number of hydrogen-bond acceptors (Lipinski definition) is 3. The van der Waals surface area contributed by atoms with Gasteiger partial charge in [-0.2, -0.15) is 0 Å². The molecule has 1 aromatic heterocycles. The van der Waals surface area contributed by atoms with Gasteiger partial charge in [-0.3, -0.25) is 0 Å². The van der Waals surface area contributed by atoms with Crippen molar-refractivity contribution in [1.29, 1.82) is 0 Å². The predicted octanol–water partition coefficient (Wildman–Crippen LogP) is 4.75. The minimum atomic E-state index is 0.424. The Morgan fingerprint density at radius 1 is 1.32 bits per heavy atom. The van der Waals surface area contributed by atoms with E-state index in [-0.39, 0.29) is 0 Å². The summed E-state index contributed by atoms with van der Waals surface area (Å²) in [5.74, 6) is 0.717. The Bertz CT molecular complexity index is 549. The standard InChI is InChI=1S/C15H18ClNOS/c1-4-12(17-2)15-8-7-14(19-15)10-5-6-11(16)13(9-10)18-3/h5-9,12,17H,4H2,1-3H3. The molecule has 102 valence electrons. The first kappa shape index (κ1) is 14.4. The van der Waals surface area contributed by atoms with E-state index >= 15 is 0 Å². The topological polar surface area (TPSA) is 21.3 Å². The van der Waals surface area contributed by atoms with Crippen molar-refractivity contribution in [2.45, 2.75) is 19.4 Å². The molecule has 1 atom stereocenters. The molecule has 0 fully saturated rings. The van der Waals surface area contributed by atoms with E-state index < -0.39 is 0 Å². The molecule has 0 spiro atoms. The van der Waals surface area contributed by atoms with Crippen LogP contribution in [0, 0.1) is 0 Å². The average molecular weight is 296 g/mol. The van der Waals surface area contributed by atoms with Crippen LogP contribution < -0.4 is 10.1 Å². The van der Waals surface area contributed by atoms with Crippen LogP contribution in [0.2, 0.25) is 5.02 Å². The van der Waals surface area contributed by atoms with Crippen molar-refractivity contribution in [3.05, 3.63) is 40.2 Å². The number of benzene rings is 1. The predicted molar refractivity (Wildman–Crippen MR) is 83.4 cm³/mol. The van der Waals surface area contributed by atoms with E-state index in [1.807, 2.05) is 36.6 Å². The number of methoxy groups -OCH3 is 1. The van der Waals surface area contributed by atoms with Crippen LogP contribution in [0.1, 0.15) is 24.3 Å². The highest BCUT2D eigenvalue weighted by Crippen LogP contribution is 2.36. The first-order chi connectivity index (χ1) is 9.19. The molecule has 4 heteroatoms. The van der Waals surface area contributed by atoms with Gasteiger partial charge < -0.3 is 10.1 Å². The maximum atomic E-state index is 6.05. The van der Waals surface area contributed by atoms with E-state index in [1.165, 1.54) is 9.75 Å². The second-order valence-electron chi connectivity index (χ2n) is 4.30. The highest BCUT2D eigenvalue weighted by Gasteiger charge is 2.11. The fourth-order valence-electron chi connectivity index (χ4n) is 2.06. The van der Waals surface area contributed by atoms with Crippen LogP contribution in [-0.2, 0) is 0 Å². The average Bonchev–Trinajstić information content (AvgIpc) is 2.90. The second-order valence-corrected chi connectivity index (χ2v) is 5.82. The molecule has 0 aliphatic rings. The van der Waals surface area contributed by atoms with Gasteiger partial charge in [0, 0.05) is 15.8 Å². The summed E-state index contributed by atoms with van der Waals surface area (Å²) >= 11 is 7.86. The Morgan fingerprint density at radius 2 is 2.11 bits per heavy atom. The van der Waals surface area contributed by atoms with Crippen molar-refractivity contribution in [2.75, 3.05) is 14.2 Å². The summed E-state index contributed by atoms with van der Waals surface area (Å²) in [6.07, 6.45) is 1.08. The third kappa shape index (κ3) is 3.11. The Morgan fingerprint density at radius 3 is 2.74 bits per heavy atom. The smallest absolute Gasteiger partial charge is 0.138 e. The number of halogens is 1. The van der Waals surface area contributed by atoms with Crippen LogP contribution in [0.15, 0.2) is 30.3 Å². The van der Waals surface area contributed by atoms with Gasteiger partial charge >= 0.3 is 0 Å². The molecule has 2 nitrogen and oxygen atoms in total. The molecular formula is C15H18ClNOS. The zero-order chi connectivity index (χ0) is 13.8. The van der Waals surface area contributed by atoms with E-state index in [2.05, 4.69) is 24.4 Å². The van der Waals surface area contributed by atoms with Crippen LogP contribution >= 0.6 is 22.9 Å². The third-order valence-electron chi connectivity index (χ3n) is 3.16. The van der Waals surface area contributed by atoms with E-state index in [0.29, 0.717) is 11.1 Å². The summed E-state index contributed by atoms with van der Waals surface area (Å²) in [6.45, 7) is 2.19. The highest BCUT2D eigenvalue weighted by molar-refractivity contribution is 7.15. The third-order valence-corrected chi connectivity index (χ3v) is 4.72. The van der Waals surface area contributed by atoms with E-state index in [1.54, 1.807) is 7.11 Å². The Balaban J connectivity index is 2.32. The number of nitrogens with one attached hydrogen (secondary N) is 1. The SMILES string of the molecule is CCC(NC)c1ccc(-c2ccc(Cl)c(OC)c2)s1. The number of rotatable bonds is 5. The van der Waals surface area contributed by atoms with Crippen molar-refractivity contribution >= 4 is 22.9 Å². The molecule has 19 heavy (non-hydrogen) atoms. The van der Waals surface area contributed by atoms with Crippen LogP contribution in [0.4, 0.5) is 0 Å². The molecule has 0 saturated carbocycles. The zero-order valence-corrected chi connectivity index (χ0v) is 12.9. The minimum Gasteiger partial charge on any atom is -0.495 e. The van der Waals surface area contributed by atoms with Crippen molar-refractivity contribution in [2.24, 2.45) is 0 Å². The molecule has 1 N–H and O–H groups in total. The summed E-state index contributed by atoms with van der Waals surface area (Å²) in [7, 11) is 3.64. The molecule has 1 aromatic carbocycles. The molecule has 2 aromatic rings. The van der Waals surface area contributed by atoms with Crippen molar-refractivity contribution in [3.8, 4) is 16.2 Å². The highest BCUT2D eigenvalue weighted by atomic mass is 35.5. The molecule has 0 amide bonds. The number of thiophene rings is 1. The van der Waals surface area contributed by atoms with Gasteiger partial charge in [0.25, 0.3) is 0 Å². The molecule has 0 saturated heterocycles. The van der Waals surface area contributed by atoms with Gasteiger partial charge in [0.05, 0.1) is 12.1 Å². The van der Waals surface area contributed by atoms with Crippen molar-refractivity contribution < 1.29 is 4.74 Å². The summed E-state index contributed by atoms with van der Waals surface area (Å²) < 4.78 is 5.26. The van der Waals surface area contributed by atoms with Crippen molar-refractivity contribution in [3.63, 3.8) is 0 Å². The Labute approximate surface area is 123 Å². The minimum absolute atomic E-state index is 0.424. The maximum Gasteiger partial charge on any atom is 0.138 e. The Kier molecular flexibility index (Phi) is 4.86. The van der Waals surface area contributed by atoms with Gasteiger partial charge in [0.15, 0.2) is 0 Å². The van der Waals surface area contributed by atoms with Gasteiger partial charge in [-0.15, -0.1) is 11.3 Å². The lowest BCUT2D eigenvalue weighted by atomic mass is 10.1.